The molecule has 3 aromatic rings. The van der Waals surface area contributed by atoms with Gasteiger partial charge >= 0.3 is 5.97 Å². The number of aliphatic carboxylic acids is 1. The van der Waals surface area contributed by atoms with Crippen molar-refractivity contribution in [2.45, 2.75) is 29.7 Å². The van der Waals surface area contributed by atoms with Crippen LogP contribution in [0, 0.1) is 0 Å². The Bertz CT molecular complexity index is 980. The SMILES string of the molecule is N[C@@H](CSC(c1ccccc1)(c1ccccc1)c1ccccc1)C(=O)N1CCC[C@H]1C(=O)O. The van der Waals surface area contributed by atoms with Crippen molar-refractivity contribution in [2.75, 3.05) is 12.3 Å². The second kappa shape index (κ2) is 10.2. The summed E-state index contributed by atoms with van der Waals surface area (Å²) in [6.45, 7) is 0.440. The molecule has 0 saturated carbocycles. The molecule has 6 heteroatoms. The number of hydrogen-bond donors (Lipinski definition) is 2. The zero-order chi connectivity index (χ0) is 23.3. The monoisotopic (exact) mass is 460 g/mol. The maximum Gasteiger partial charge on any atom is 0.326 e. The Morgan fingerprint density at radius 1 is 0.909 bits per heavy atom. The number of carbonyl (C=O) groups excluding carboxylic acids is 1. The lowest BCUT2D eigenvalue weighted by Gasteiger charge is -2.36. The summed E-state index contributed by atoms with van der Waals surface area (Å²) >= 11 is 1.61. The standard InChI is InChI=1S/C27H28N2O3S/c28-23(25(30)29-18-10-17-24(29)26(31)32)19-33-27(20-11-4-1-5-12-20,21-13-6-2-7-14-21)22-15-8-3-9-16-22/h1-9,11-16,23-24H,10,17-19,28H2,(H,31,32)/t23-,24-/m0/s1. The first-order chi connectivity index (χ1) is 16.0. The van der Waals surface area contributed by atoms with E-state index in [1.165, 1.54) is 4.90 Å². The zero-order valence-corrected chi connectivity index (χ0v) is 19.2. The fraction of sp³-hybridized carbons (Fsp3) is 0.259. The lowest BCUT2D eigenvalue weighted by molar-refractivity contribution is -0.148. The van der Waals surface area contributed by atoms with E-state index >= 15 is 0 Å². The number of hydrogen-bond acceptors (Lipinski definition) is 4. The van der Waals surface area contributed by atoms with Crippen LogP contribution in [0.25, 0.3) is 0 Å². The van der Waals surface area contributed by atoms with Gasteiger partial charge in [-0.3, -0.25) is 4.79 Å². The largest absolute Gasteiger partial charge is 0.480 e. The maximum absolute atomic E-state index is 13.1. The van der Waals surface area contributed by atoms with Crippen LogP contribution in [-0.4, -0.2) is 46.3 Å². The van der Waals surface area contributed by atoms with Crippen molar-refractivity contribution in [1.82, 2.24) is 4.90 Å². The predicted molar refractivity (Wildman–Crippen MR) is 132 cm³/mol. The summed E-state index contributed by atoms with van der Waals surface area (Å²) in [5, 5.41) is 9.48. The van der Waals surface area contributed by atoms with E-state index in [1.807, 2.05) is 54.6 Å². The van der Waals surface area contributed by atoms with Gasteiger partial charge in [0.15, 0.2) is 0 Å². The highest BCUT2D eigenvalue weighted by molar-refractivity contribution is 8.00. The van der Waals surface area contributed by atoms with Gasteiger partial charge in [0.2, 0.25) is 5.91 Å². The summed E-state index contributed by atoms with van der Waals surface area (Å²) in [7, 11) is 0. The van der Waals surface area contributed by atoms with Crippen LogP contribution in [0.2, 0.25) is 0 Å². The molecular formula is C27H28N2O3S. The molecule has 0 aromatic heterocycles. The Labute approximate surface area is 198 Å². The molecule has 33 heavy (non-hydrogen) atoms. The molecule has 2 atom stereocenters. The minimum absolute atomic E-state index is 0.296. The van der Waals surface area contributed by atoms with Gasteiger partial charge in [-0.1, -0.05) is 91.0 Å². The first-order valence-electron chi connectivity index (χ1n) is 11.1. The highest BCUT2D eigenvalue weighted by Gasteiger charge is 2.40. The van der Waals surface area contributed by atoms with Gasteiger partial charge in [0.05, 0.1) is 10.8 Å². The van der Waals surface area contributed by atoms with Gasteiger partial charge in [0.1, 0.15) is 6.04 Å². The van der Waals surface area contributed by atoms with E-state index in [2.05, 4.69) is 36.4 Å². The molecule has 1 amide bonds. The van der Waals surface area contributed by atoms with Gasteiger partial charge in [0.25, 0.3) is 0 Å². The van der Waals surface area contributed by atoms with E-state index < -0.39 is 22.8 Å². The molecule has 1 aliphatic rings. The molecule has 0 aliphatic carbocycles. The Morgan fingerprint density at radius 3 is 1.79 bits per heavy atom. The van der Waals surface area contributed by atoms with Crippen LogP contribution in [0.15, 0.2) is 91.0 Å². The molecule has 4 rings (SSSR count). The van der Waals surface area contributed by atoms with Crippen LogP contribution in [-0.2, 0) is 14.3 Å². The molecule has 0 unspecified atom stereocenters. The van der Waals surface area contributed by atoms with Gasteiger partial charge < -0.3 is 15.7 Å². The van der Waals surface area contributed by atoms with Crippen molar-refractivity contribution in [2.24, 2.45) is 5.73 Å². The number of carbonyl (C=O) groups is 2. The highest BCUT2D eigenvalue weighted by Crippen LogP contribution is 2.48. The fourth-order valence-corrected chi connectivity index (χ4v) is 6.04. The van der Waals surface area contributed by atoms with E-state index in [1.54, 1.807) is 11.8 Å². The topological polar surface area (TPSA) is 83.6 Å². The van der Waals surface area contributed by atoms with Crippen LogP contribution in [0.4, 0.5) is 0 Å². The number of likely N-dealkylation sites (tertiary alicyclic amines) is 1. The number of carboxylic acids is 1. The number of nitrogens with zero attached hydrogens (tertiary/aromatic N) is 1. The molecule has 170 valence electrons. The Balaban J connectivity index is 1.70. The first kappa shape index (κ1) is 23.1. The smallest absolute Gasteiger partial charge is 0.326 e. The van der Waals surface area contributed by atoms with Crippen molar-refractivity contribution < 1.29 is 14.7 Å². The van der Waals surface area contributed by atoms with Crippen molar-refractivity contribution in [3.05, 3.63) is 108 Å². The Kier molecular flexibility index (Phi) is 7.16. The number of nitrogens with two attached hydrogens (primary N) is 1. The molecule has 0 radical (unpaired) electrons. The van der Waals surface area contributed by atoms with Gasteiger partial charge in [0, 0.05) is 12.3 Å². The average molecular weight is 461 g/mol. The number of carboxylic acid groups (broad SMARTS) is 1. The second-order valence-electron chi connectivity index (χ2n) is 8.22. The Morgan fingerprint density at radius 2 is 1.36 bits per heavy atom. The number of benzene rings is 3. The number of amides is 1. The van der Waals surface area contributed by atoms with Crippen molar-refractivity contribution in [3.63, 3.8) is 0 Å². The van der Waals surface area contributed by atoms with Crippen molar-refractivity contribution in [3.8, 4) is 0 Å². The lowest BCUT2D eigenvalue weighted by atomic mass is 9.84. The van der Waals surface area contributed by atoms with E-state index in [-0.39, 0.29) is 5.91 Å². The third kappa shape index (κ3) is 4.68. The van der Waals surface area contributed by atoms with E-state index in [4.69, 9.17) is 5.73 Å². The number of thioether (sulfide) groups is 1. The van der Waals surface area contributed by atoms with Crippen LogP contribution >= 0.6 is 11.8 Å². The molecule has 0 spiro atoms. The maximum atomic E-state index is 13.1. The van der Waals surface area contributed by atoms with Crippen LogP contribution in [0.5, 0.6) is 0 Å². The minimum atomic E-state index is -0.965. The van der Waals surface area contributed by atoms with Crippen molar-refractivity contribution >= 4 is 23.6 Å². The normalized spacial score (nSPS) is 17.0. The summed E-state index contributed by atoms with van der Waals surface area (Å²) < 4.78 is -0.571. The molecule has 1 aliphatic heterocycles. The highest BCUT2D eigenvalue weighted by atomic mass is 32.2. The predicted octanol–water partition coefficient (Wildman–Crippen LogP) is 4.11. The first-order valence-corrected chi connectivity index (χ1v) is 12.1. The quantitative estimate of drug-likeness (QED) is 0.494. The summed E-state index contributed by atoms with van der Waals surface area (Å²) in [6.07, 6.45) is 1.16. The van der Waals surface area contributed by atoms with E-state index in [0.717, 1.165) is 16.7 Å². The molecular weight excluding hydrogens is 432 g/mol. The minimum Gasteiger partial charge on any atom is -0.480 e. The molecule has 1 saturated heterocycles. The van der Waals surface area contributed by atoms with Gasteiger partial charge in [-0.2, -0.15) is 0 Å². The molecule has 1 heterocycles. The third-order valence-electron chi connectivity index (χ3n) is 6.16. The molecule has 0 bridgehead atoms. The molecule has 1 fully saturated rings. The summed E-state index contributed by atoms with van der Waals surface area (Å²) in [5.74, 6) is -0.913. The summed E-state index contributed by atoms with van der Waals surface area (Å²) in [6, 6.07) is 29.1. The third-order valence-corrected chi connectivity index (χ3v) is 7.82. The van der Waals surface area contributed by atoms with Gasteiger partial charge in [-0.05, 0) is 29.5 Å². The van der Waals surface area contributed by atoms with Crippen LogP contribution < -0.4 is 5.73 Å². The van der Waals surface area contributed by atoms with E-state index in [0.29, 0.717) is 25.1 Å². The molecule has 5 nitrogen and oxygen atoms in total. The van der Waals surface area contributed by atoms with Gasteiger partial charge in [-0.25, -0.2) is 4.79 Å². The molecule has 3 N–H and O–H groups in total. The van der Waals surface area contributed by atoms with Crippen molar-refractivity contribution in [1.29, 1.82) is 0 Å². The van der Waals surface area contributed by atoms with Gasteiger partial charge in [-0.15, -0.1) is 11.8 Å². The lowest BCUT2D eigenvalue weighted by Crippen LogP contribution is -2.49. The molecule has 3 aromatic carbocycles. The Hall–Kier alpha value is -3.09. The van der Waals surface area contributed by atoms with Crippen LogP contribution in [0.3, 0.4) is 0 Å². The average Bonchev–Trinajstić information content (AvgIpc) is 3.36. The summed E-state index contributed by atoms with van der Waals surface area (Å²) in [4.78, 5) is 26.1. The summed E-state index contributed by atoms with van der Waals surface area (Å²) in [5.41, 5.74) is 9.68. The zero-order valence-electron chi connectivity index (χ0n) is 18.3. The van der Waals surface area contributed by atoms with E-state index in [9.17, 15) is 14.7 Å². The fourth-order valence-electron chi connectivity index (χ4n) is 4.55. The van der Waals surface area contributed by atoms with Crippen LogP contribution in [0.1, 0.15) is 29.5 Å². The number of rotatable bonds is 8. The second-order valence-corrected chi connectivity index (χ2v) is 9.46.